The average Bonchev–Trinajstić information content (AvgIpc) is 3.26. The fraction of sp³-hybridized carbons (Fsp3) is 1.00. The second kappa shape index (κ2) is 4.26. The standard InChI is InChI=1S/C16H27N/c1-2-14-7-11(1)8-15(14)9-17-10-16(12-3-4-12)13-5-6-13/h11-17H,1-10H2. The van der Waals surface area contributed by atoms with Crippen LogP contribution in [0.5, 0.6) is 0 Å². The molecule has 0 aliphatic heterocycles. The molecule has 4 saturated carbocycles. The molecule has 0 aromatic heterocycles. The highest BCUT2D eigenvalue weighted by Gasteiger charge is 2.42. The van der Waals surface area contributed by atoms with Crippen molar-refractivity contribution >= 4 is 0 Å². The SMILES string of the molecule is C1CC2CC1CC2CNCC(C1CC1)C1CC1. The van der Waals surface area contributed by atoms with E-state index in [1.54, 1.807) is 25.7 Å². The van der Waals surface area contributed by atoms with Crippen LogP contribution in [0.15, 0.2) is 0 Å². The molecule has 17 heavy (non-hydrogen) atoms. The topological polar surface area (TPSA) is 12.0 Å². The Balaban J connectivity index is 1.22. The third-order valence-electron chi connectivity index (χ3n) is 6.13. The first-order chi connectivity index (χ1) is 8.40. The summed E-state index contributed by atoms with van der Waals surface area (Å²) in [6.45, 7) is 2.69. The zero-order valence-electron chi connectivity index (χ0n) is 11.0. The van der Waals surface area contributed by atoms with Crippen LogP contribution in [0.25, 0.3) is 0 Å². The summed E-state index contributed by atoms with van der Waals surface area (Å²) in [5.41, 5.74) is 0. The van der Waals surface area contributed by atoms with Crippen LogP contribution in [0.2, 0.25) is 0 Å². The van der Waals surface area contributed by atoms with Crippen molar-refractivity contribution < 1.29 is 0 Å². The van der Waals surface area contributed by atoms with E-state index < -0.39 is 0 Å². The molecule has 0 saturated heterocycles. The number of hydrogen-bond acceptors (Lipinski definition) is 1. The summed E-state index contributed by atoms with van der Waals surface area (Å²) in [5.74, 6) is 6.58. The minimum absolute atomic E-state index is 1.05. The van der Waals surface area contributed by atoms with Gasteiger partial charge in [0, 0.05) is 0 Å². The number of hydrogen-bond donors (Lipinski definition) is 1. The Hall–Kier alpha value is -0.0400. The molecule has 3 atom stereocenters. The monoisotopic (exact) mass is 233 g/mol. The molecule has 4 rings (SSSR count). The van der Waals surface area contributed by atoms with Crippen molar-refractivity contribution in [2.75, 3.05) is 13.1 Å². The van der Waals surface area contributed by atoms with Gasteiger partial charge in [0.05, 0.1) is 0 Å². The Morgan fingerprint density at radius 1 is 0.882 bits per heavy atom. The lowest BCUT2D eigenvalue weighted by Gasteiger charge is -2.24. The van der Waals surface area contributed by atoms with Gasteiger partial charge in [0.1, 0.15) is 0 Å². The van der Waals surface area contributed by atoms with Gasteiger partial charge in [0.2, 0.25) is 0 Å². The van der Waals surface area contributed by atoms with Gasteiger partial charge in [0.25, 0.3) is 0 Å². The van der Waals surface area contributed by atoms with Crippen LogP contribution in [-0.4, -0.2) is 13.1 Å². The predicted molar refractivity (Wildman–Crippen MR) is 70.7 cm³/mol. The minimum Gasteiger partial charge on any atom is -0.316 e. The van der Waals surface area contributed by atoms with E-state index in [0.29, 0.717) is 0 Å². The highest BCUT2D eigenvalue weighted by molar-refractivity contribution is 4.94. The predicted octanol–water partition coefficient (Wildman–Crippen LogP) is 3.45. The molecule has 0 aromatic carbocycles. The zero-order valence-corrected chi connectivity index (χ0v) is 11.0. The van der Waals surface area contributed by atoms with E-state index in [2.05, 4.69) is 5.32 Å². The van der Waals surface area contributed by atoms with E-state index in [1.165, 1.54) is 38.8 Å². The van der Waals surface area contributed by atoms with Gasteiger partial charge in [-0.3, -0.25) is 0 Å². The van der Waals surface area contributed by atoms with Gasteiger partial charge in [-0.15, -0.1) is 0 Å². The fourth-order valence-electron chi connectivity index (χ4n) is 4.83. The highest BCUT2D eigenvalue weighted by Crippen LogP contribution is 2.50. The summed E-state index contributed by atoms with van der Waals surface area (Å²) < 4.78 is 0. The lowest BCUT2D eigenvalue weighted by Crippen LogP contribution is -2.32. The van der Waals surface area contributed by atoms with Crippen molar-refractivity contribution in [1.29, 1.82) is 0 Å². The van der Waals surface area contributed by atoms with Crippen LogP contribution in [0, 0.1) is 35.5 Å². The summed E-state index contributed by atoms with van der Waals surface area (Å²) in [4.78, 5) is 0. The lowest BCUT2D eigenvalue weighted by molar-refractivity contribution is 0.298. The van der Waals surface area contributed by atoms with Gasteiger partial charge < -0.3 is 5.32 Å². The van der Waals surface area contributed by atoms with Gasteiger partial charge in [-0.25, -0.2) is 0 Å². The summed E-state index contributed by atoms with van der Waals surface area (Å²) in [6, 6.07) is 0. The molecule has 0 spiro atoms. The summed E-state index contributed by atoms with van der Waals surface area (Å²) >= 11 is 0. The second-order valence-electron chi connectivity index (χ2n) is 7.43. The fourth-order valence-corrected chi connectivity index (χ4v) is 4.83. The Bertz CT molecular complexity index is 267. The zero-order chi connectivity index (χ0) is 11.2. The largest absolute Gasteiger partial charge is 0.316 e. The normalized spacial score (nSPS) is 40.4. The first-order valence-corrected chi connectivity index (χ1v) is 8.11. The van der Waals surface area contributed by atoms with Gasteiger partial charge in [0.15, 0.2) is 0 Å². The molecule has 4 aliphatic rings. The van der Waals surface area contributed by atoms with Crippen LogP contribution in [-0.2, 0) is 0 Å². The molecule has 96 valence electrons. The maximum Gasteiger partial charge on any atom is -0.00151 e. The van der Waals surface area contributed by atoms with E-state index in [4.69, 9.17) is 0 Å². The van der Waals surface area contributed by atoms with E-state index in [0.717, 1.165) is 35.5 Å². The summed E-state index contributed by atoms with van der Waals surface area (Å²) in [6.07, 6.45) is 12.4. The van der Waals surface area contributed by atoms with Gasteiger partial charge in [-0.05, 0) is 93.5 Å². The number of rotatable bonds is 6. The number of fused-ring (bicyclic) bond motifs is 2. The van der Waals surface area contributed by atoms with Crippen molar-refractivity contribution in [2.24, 2.45) is 35.5 Å². The maximum atomic E-state index is 3.85. The molecule has 1 N–H and O–H groups in total. The number of nitrogens with one attached hydrogen (secondary N) is 1. The van der Waals surface area contributed by atoms with Crippen LogP contribution >= 0.6 is 0 Å². The molecular formula is C16H27N. The van der Waals surface area contributed by atoms with Gasteiger partial charge in [-0.1, -0.05) is 6.42 Å². The minimum atomic E-state index is 1.05. The molecule has 0 radical (unpaired) electrons. The van der Waals surface area contributed by atoms with Gasteiger partial charge in [-0.2, -0.15) is 0 Å². The molecule has 0 heterocycles. The Morgan fingerprint density at radius 2 is 1.65 bits per heavy atom. The Labute approximate surface area is 106 Å². The van der Waals surface area contributed by atoms with Crippen molar-refractivity contribution in [2.45, 2.75) is 51.4 Å². The first-order valence-electron chi connectivity index (χ1n) is 8.11. The molecule has 1 heteroatoms. The quantitative estimate of drug-likeness (QED) is 0.741. The van der Waals surface area contributed by atoms with E-state index >= 15 is 0 Å². The molecule has 1 nitrogen and oxygen atoms in total. The molecule has 0 amide bonds. The van der Waals surface area contributed by atoms with Crippen LogP contribution < -0.4 is 5.32 Å². The molecule has 4 fully saturated rings. The average molecular weight is 233 g/mol. The molecule has 2 bridgehead atoms. The van der Waals surface area contributed by atoms with Crippen molar-refractivity contribution in [1.82, 2.24) is 5.32 Å². The Morgan fingerprint density at radius 3 is 2.18 bits per heavy atom. The molecule has 3 unspecified atom stereocenters. The summed E-state index contributed by atoms with van der Waals surface area (Å²) in [7, 11) is 0. The highest BCUT2D eigenvalue weighted by atomic mass is 14.9. The van der Waals surface area contributed by atoms with E-state index in [9.17, 15) is 0 Å². The van der Waals surface area contributed by atoms with E-state index in [1.807, 2.05) is 0 Å². The second-order valence-corrected chi connectivity index (χ2v) is 7.43. The molecular weight excluding hydrogens is 206 g/mol. The molecule has 0 aromatic rings. The van der Waals surface area contributed by atoms with Crippen LogP contribution in [0.4, 0.5) is 0 Å². The lowest BCUT2D eigenvalue weighted by atomic mass is 9.88. The van der Waals surface area contributed by atoms with Crippen molar-refractivity contribution in [3.05, 3.63) is 0 Å². The van der Waals surface area contributed by atoms with Crippen LogP contribution in [0.3, 0.4) is 0 Å². The molecule has 4 aliphatic carbocycles. The van der Waals surface area contributed by atoms with Crippen LogP contribution in [0.1, 0.15) is 51.4 Å². The summed E-state index contributed by atoms with van der Waals surface area (Å²) in [5, 5.41) is 3.85. The van der Waals surface area contributed by atoms with E-state index in [-0.39, 0.29) is 0 Å². The van der Waals surface area contributed by atoms with Gasteiger partial charge >= 0.3 is 0 Å². The Kier molecular flexibility index (Phi) is 2.72. The van der Waals surface area contributed by atoms with Crippen molar-refractivity contribution in [3.8, 4) is 0 Å². The smallest absolute Gasteiger partial charge is 0.00151 e. The third kappa shape index (κ3) is 2.28. The first kappa shape index (κ1) is 10.8. The van der Waals surface area contributed by atoms with Crippen molar-refractivity contribution in [3.63, 3.8) is 0 Å². The third-order valence-corrected chi connectivity index (χ3v) is 6.13. The maximum absolute atomic E-state index is 3.85.